The van der Waals surface area contributed by atoms with Crippen LogP contribution in [-0.4, -0.2) is 33.3 Å². The lowest BCUT2D eigenvalue weighted by molar-refractivity contribution is -0.138. The molecule has 2 N–H and O–H groups in total. The van der Waals surface area contributed by atoms with Crippen LogP contribution in [0.3, 0.4) is 0 Å². The van der Waals surface area contributed by atoms with Crippen molar-refractivity contribution in [3.8, 4) is 5.75 Å². The molecule has 0 spiro atoms. The van der Waals surface area contributed by atoms with Crippen LogP contribution in [0.1, 0.15) is 47.9 Å². The van der Waals surface area contributed by atoms with Crippen LogP contribution in [0.2, 0.25) is 0 Å². The second-order valence-corrected chi connectivity index (χ2v) is 9.70. The van der Waals surface area contributed by atoms with Gasteiger partial charge in [0.25, 0.3) is 0 Å². The molecule has 0 bridgehead atoms. The van der Waals surface area contributed by atoms with Gasteiger partial charge in [0.2, 0.25) is 0 Å². The van der Waals surface area contributed by atoms with Gasteiger partial charge >= 0.3 is 11.9 Å². The molecule has 0 atom stereocenters. The Morgan fingerprint density at radius 3 is 2.32 bits per heavy atom. The SMILES string of the molecule is O=C(O)CCCc1cn(CC(=O)O)c2c(/C=C/c3ccc(OCCCCc4c(F)ccc(F)c4F)cc3)cccc12. The van der Waals surface area contributed by atoms with Gasteiger partial charge in [-0.1, -0.05) is 42.5 Å². The van der Waals surface area contributed by atoms with Crippen molar-refractivity contribution in [1.82, 2.24) is 4.57 Å². The summed E-state index contributed by atoms with van der Waals surface area (Å²) in [6.45, 7) is 0.129. The quantitative estimate of drug-likeness (QED) is 0.0965. The number of ether oxygens (including phenoxy) is 1. The molecule has 1 heterocycles. The molecular formula is C32H30F3NO5. The fourth-order valence-electron chi connectivity index (χ4n) is 4.75. The number of halogens is 3. The number of aryl methyl sites for hydroxylation is 1. The van der Waals surface area contributed by atoms with E-state index in [2.05, 4.69) is 0 Å². The number of rotatable bonds is 14. The number of hydrogen-bond acceptors (Lipinski definition) is 3. The Kier molecular flexibility index (Phi) is 9.84. The number of carboxylic acids is 2. The van der Waals surface area contributed by atoms with Gasteiger partial charge in [-0.2, -0.15) is 0 Å². The van der Waals surface area contributed by atoms with Crippen LogP contribution < -0.4 is 4.74 Å². The van der Waals surface area contributed by atoms with Crippen molar-refractivity contribution in [1.29, 1.82) is 0 Å². The molecule has 0 saturated carbocycles. The summed E-state index contributed by atoms with van der Waals surface area (Å²) in [7, 11) is 0. The van der Waals surface area contributed by atoms with E-state index in [-0.39, 0.29) is 24.9 Å². The van der Waals surface area contributed by atoms with E-state index in [1.807, 2.05) is 42.5 Å². The van der Waals surface area contributed by atoms with Gasteiger partial charge in [0.05, 0.1) is 12.1 Å². The van der Waals surface area contributed by atoms with Gasteiger partial charge in [-0.05, 0) is 73.1 Å². The first-order valence-corrected chi connectivity index (χ1v) is 13.3. The Morgan fingerprint density at radius 2 is 1.59 bits per heavy atom. The summed E-state index contributed by atoms with van der Waals surface area (Å²) in [6, 6.07) is 14.8. The average molecular weight is 566 g/mol. The monoisotopic (exact) mass is 565 g/mol. The summed E-state index contributed by atoms with van der Waals surface area (Å²) < 4.78 is 48.2. The van der Waals surface area contributed by atoms with Crippen molar-refractivity contribution in [2.75, 3.05) is 6.61 Å². The van der Waals surface area contributed by atoms with Gasteiger partial charge in [0, 0.05) is 23.6 Å². The molecule has 0 amide bonds. The number of unbranched alkanes of at least 4 members (excludes halogenated alkanes) is 1. The molecule has 4 rings (SSSR count). The normalized spacial score (nSPS) is 11.4. The Hall–Kier alpha value is -4.53. The molecule has 6 nitrogen and oxygen atoms in total. The molecule has 214 valence electrons. The number of carboxylic acid groups (broad SMARTS) is 2. The minimum atomic E-state index is -1.14. The molecule has 1 aromatic heterocycles. The van der Waals surface area contributed by atoms with Crippen LogP contribution in [0.4, 0.5) is 13.2 Å². The van der Waals surface area contributed by atoms with Crippen LogP contribution in [0.15, 0.2) is 60.8 Å². The Bertz CT molecular complexity index is 1560. The smallest absolute Gasteiger partial charge is 0.323 e. The van der Waals surface area contributed by atoms with E-state index in [1.54, 1.807) is 22.9 Å². The highest BCUT2D eigenvalue weighted by atomic mass is 19.2. The molecule has 0 saturated heterocycles. The zero-order valence-electron chi connectivity index (χ0n) is 22.3. The second-order valence-electron chi connectivity index (χ2n) is 9.70. The van der Waals surface area contributed by atoms with E-state index < -0.39 is 29.4 Å². The fourth-order valence-corrected chi connectivity index (χ4v) is 4.75. The maximum absolute atomic E-state index is 13.8. The average Bonchev–Trinajstić information content (AvgIpc) is 3.28. The van der Waals surface area contributed by atoms with Crippen molar-refractivity contribution in [3.63, 3.8) is 0 Å². The number of hydrogen-bond donors (Lipinski definition) is 2. The predicted octanol–water partition coefficient (Wildman–Crippen LogP) is 7.12. The first-order chi connectivity index (χ1) is 19.7. The Labute approximate surface area is 235 Å². The van der Waals surface area contributed by atoms with Crippen LogP contribution in [0.25, 0.3) is 23.1 Å². The number of aliphatic carboxylic acids is 2. The molecule has 0 radical (unpaired) electrons. The Balaban J connectivity index is 1.38. The molecule has 9 heteroatoms. The molecule has 0 aliphatic carbocycles. The van der Waals surface area contributed by atoms with Gasteiger partial charge in [0.15, 0.2) is 11.6 Å². The molecule has 41 heavy (non-hydrogen) atoms. The van der Waals surface area contributed by atoms with E-state index in [9.17, 15) is 27.9 Å². The highest BCUT2D eigenvalue weighted by Crippen LogP contribution is 2.28. The van der Waals surface area contributed by atoms with Crippen molar-refractivity contribution < 1.29 is 37.7 Å². The van der Waals surface area contributed by atoms with E-state index >= 15 is 0 Å². The van der Waals surface area contributed by atoms with Crippen molar-refractivity contribution in [3.05, 3.63) is 100 Å². The number of nitrogens with zero attached hydrogens (tertiary/aromatic N) is 1. The minimum Gasteiger partial charge on any atom is -0.494 e. The lowest BCUT2D eigenvalue weighted by Gasteiger charge is -2.08. The minimum absolute atomic E-state index is 0.0415. The van der Waals surface area contributed by atoms with Crippen LogP contribution in [0, 0.1) is 17.5 Å². The number of para-hydroxylation sites is 1. The van der Waals surface area contributed by atoms with Crippen molar-refractivity contribution in [2.45, 2.75) is 45.1 Å². The lowest BCUT2D eigenvalue weighted by Crippen LogP contribution is -2.07. The molecule has 0 fully saturated rings. The second kappa shape index (κ2) is 13.7. The number of fused-ring (bicyclic) bond motifs is 1. The van der Waals surface area contributed by atoms with Crippen molar-refractivity contribution >= 4 is 35.0 Å². The predicted molar refractivity (Wildman–Crippen MR) is 150 cm³/mol. The first kappa shape index (κ1) is 29.5. The number of carbonyl (C=O) groups is 2. The summed E-state index contributed by atoms with van der Waals surface area (Å²) in [6.07, 6.45) is 7.68. The first-order valence-electron chi connectivity index (χ1n) is 13.3. The van der Waals surface area contributed by atoms with E-state index in [1.165, 1.54) is 0 Å². The number of aromatic nitrogens is 1. The van der Waals surface area contributed by atoms with Gasteiger partial charge in [0.1, 0.15) is 18.1 Å². The fraction of sp³-hybridized carbons (Fsp3) is 0.250. The third kappa shape index (κ3) is 7.78. The zero-order chi connectivity index (χ0) is 29.4. The highest BCUT2D eigenvalue weighted by molar-refractivity contribution is 5.94. The number of benzene rings is 3. The summed E-state index contributed by atoms with van der Waals surface area (Å²) in [4.78, 5) is 22.4. The van der Waals surface area contributed by atoms with Crippen LogP contribution >= 0.6 is 0 Å². The van der Waals surface area contributed by atoms with E-state index in [0.717, 1.165) is 39.7 Å². The molecule has 0 aliphatic rings. The van der Waals surface area contributed by atoms with Crippen molar-refractivity contribution in [2.24, 2.45) is 0 Å². The zero-order valence-corrected chi connectivity index (χ0v) is 22.3. The largest absolute Gasteiger partial charge is 0.494 e. The van der Waals surface area contributed by atoms with E-state index in [0.29, 0.717) is 38.0 Å². The third-order valence-corrected chi connectivity index (χ3v) is 6.72. The topological polar surface area (TPSA) is 88.8 Å². The molecule has 4 aromatic rings. The summed E-state index contributed by atoms with van der Waals surface area (Å²) >= 11 is 0. The molecular weight excluding hydrogens is 535 g/mol. The van der Waals surface area contributed by atoms with Crippen LogP contribution in [-0.2, 0) is 29.0 Å². The standard InChI is InChI=1S/C32H30F3NO5/c33-27-16-17-28(34)31(35)26(27)7-1-2-18-41-24-14-11-21(12-15-24)10-13-22-5-3-8-25-23(6-4-9-29(37)38)19-36(32(22)25)20-30(39)40/h3,5,8,10-17,19H,1-2,4,6-7,9,18,20H2,(H,37,38)(H,39,40)/b13-10+. The molecule has 0 aliphatic heterocycles. The highest BCUT2D eigenvalue weighted by Gasteiger charge is 2.14. The molecule has 0 unspecified atom stereocenters. The van der Waals surface area contributed by atoms with Gasteiger partial charge in [-0.15, -0.1) is 0 Å². The van der Waals surface area contributed by atoms with Gasteiger partial charge in [-0.3, -0.25) is 9.59 Å². The maximum atomic E-state index is 13.8. The van der Waals surface area contributed by atoms with Crippen LogP contribution in [0.5, 0.6) is 5.75 Å². The van der Waals surface area contributed by atoms with Gasteiger partial charge < -0.3 is 19.5 Å². The summed E-state index contributed by atoms with van der Waals surface area (Å²) in [5.74, 6) is -4.16. The third-order valence-electron chi connectivity index (χ3n) is 6.72. The maximum Gasteiger partial charge on any atom is 0.323 e. The lowest BCUT2D eigenvalue weighted by atomic mass is 10.0. The molecule has 3 aromatic carbocycles. The van der Waals surface area contributed by atoms with Gasteiger partial charge in [-0.25, -0.2) is 13.2 Å². The summed E-state index contributed by atoms with van der Waals surface area (Å²) in [5.41, 5.74) is 3.16. The summed E-state index contributed by atoms with van der Waals surface area (Å²) in [5, 5.41) is 19.3. The Morgan fingerprint density at radius 1 is 0.829 bits per heavy atom. The van der Waals surface area contributed by atoms with E-state index in [4.69, 9.17) is 9.84 Å².